The molecule has 0 unspecified atom stereocenters. The maximum absolute atomic E-state index is 10.2. The lowest BCUT2D eigenvalue weighted by Crippen LogP contribution is -2.07. The Hall–Kier alpha value is -1.70. The van der Waals surface area contributed by atoms with E-state index in [1.54, 1.807) is 0 Å². The zero-order valence-corrected chi connectivity index (χ0v) is 9.03. The lowest BCUT2D eigenvalue weighted by atomic mass is 9.85. The lowest BCUT2D eigenvalue weighted by Gasteiger charge is -2.22. The highest BCUT2D eigenvalue weighted by atomic mass is 16.3. The summed E-state index contributed by atoms with van der Waals surface area (Å²) in [6.45, 7) is 0. The average molecular weight is 214 g/mol. The summed E-state index contributed by atoms with van der Waals surface area (Å²) >= 11 is 0. The second-order valence-electron chi connectivity index (χ2n) is 4.37. The molecule has 0 radical (unpaired) electrons. The van der Waals surface area contributed by atoms with Gasteiger partial charge in [-0.25, -0.2) is 0 Å². The molecule has 0 aliphatic heterocycles. The van der Waals surface area contributed by atoms with Crippen LogP contribution in [-0.2, 0) is 25.7 Å². The van der Waals surface area contributed by atoms with Gasteiger partial charge in [-0.05, 0) is 25.7 Å². The molecular weight excluding hydrogens is 200 g/mol. The fraction of sp³-hybridized carbons (Fsp3) is 0.286. The largest absolute Gasteiger partial charge is 0.507 e. The predicted molar refractivity (Wildman–Crippen MR) is 62.9 cm³/mol. The van der Waals surface area contributed by atoms with Gasteiger partial charge in [0.2, 0.25) is 0 Å². The van der Waals surface area contributed by atoms with Crippen molar-refractivity contribution in [3.05, 3.63) is 46.6 Å². The SMILES string of the molecule is Oc1c2c(c(O)c3c1CC=CC3)CC=CC2. The van der Waals surface area contributed by atoms with Crippen molar-refractivity contribution < 1.29 is 10.2 Å². The molecule has 1 aromatic carbocycles. The van der Waals surface area contributed by atoms with Gasteiger partial charge in [-0.3, -0.25) is 0 Å². The van der Waals surface area contributed by atoms with Gasteiger partial charge < -0.3 is 10.2 Å². The Labute approximate surface area is 94.5 Å². The molecule has 16 heavy (non-hydrogen) atoms. The van der Waals surface area contributed by atoms with E-state index in [0.717, 1.165) is 47.9 Å². The first-order chi connectivity index (χ1) is 7.79. The Balaban J connectivity index is 2.28. The quantitative estimate of drug-likeness (QED) is 0.514. The van der Waals surface area contributed by atoms with Crippen molar-refractivity contribution in [3.63, 3.8) is 0 Å². The predicted octanol–water partition coefficient (Wildman–Crippen LogP) is 2.41. The fourth-order valence-electron chi connectivity index (χ4n) is 2.62. The Morgan fingerprint density at radius 3 is 1.06 bits per heavy atom. The molecule has 0 spiro atoms. The van der Waals surface area contributed by atoms with Crippen LogP contribution in [0.25, 0.3) is 0 Å². The summed E-state index contributed by atoms with van der Waals surface area (Å²) in [5.74, 6) is 0.799. The first kappa shape index (κ1) is 9.52. The molecule has 0 atom stereocenters. The number of phenols is 2. The fourth-order valence-corrected chi connectivity index (χ4v) is 2.62. The normalized spacial score (nSPS) is 17.0. The van der Waals surface area contributed by atoms with Crippen molar-refractivity contribution in [3.8, 4) is 11.5 Å². The third kappa shape index (κ3) is 1.19. The van der Waals surface area contributed by atoms with Crippen LogP contribution in [0, 0.1) is 0 Å². The summed E-state index contributed by atoms with van der Waals surface area (Å²) in [6.07, 6.45) is 11.1. The van der Waals surface area contributed by atoms with E-state index in [2.05, 4.69) is 0 Å². The van der Waals surface area contributed by atoms with Gasteiger partial charge >= 0.3 is 0 Å². The minimum Gasteiger partial charge on any atom is -0.507 e. The summed E-state index contributed by atoms with van der Waals surface area (Å²) in [6, 6.07) is 0. The zero-order valence-electron chi connectivity index (χ0n) is 9.03. The highest BCUT2D eigenvalue weighted by Gasteiger charge is 2.23. The van der Waals surface area contributed by atoms with E-state index in [1.165, 1.54) is 0 Å². The summed E-state index contributed by atoms with van der Waals surface area (Å²) in [4.78, 5) is 0. The Kier molecular flexibility index (Phi) is 2.03. The lowest BCUT2D eigenvalue weighted by molar-refractivity contribution is 0.439. The van der Waals surface area contributed by atoms with Crippen molar-refractivity contribution in [2.24, 2.45) is 0 Å². The van der Waals surface area contributed by atoms with Crippen LogP contribution in [0.5, 0.6) is 11.5 Å². The van der Waals surface area contributed by atoms with Crippen molar-refractivity contribution >= 4 is 0 Å². The maximum atomic E-state index is 10.2. The van der Waals surface area contributed by atoms with Crippen LogP contribution in [0.15, 0.2) is 24.3 Å². The molecule has 2 nitrogen and oxygen atoms in total. The van der Waals surface area contributed by atoms with E-state index in [-0.39, 0.29) is 0 Å². The van der Waals surface area contributed by atoms with Crippen LogP contribution in [0.4, 0.5) is 0 Å². The number of benzene rings is 1. The topological polar surface area (TPSA) is 40.5 Å². The van der Waals surface area contributed by atoms with Crippen LogP contribution in [0.1, 0.15) is 22.3 Å². The molecule has 2 aliphatic carbocycles. The van der Waals surface area contributed by atoms with Crippen LogP contribution >= 0.6 is 0 Å². The van der Waals surface area contributed by atoms with Gasteiger partial charge in [0, 0.05) is 22.3 Å². The third-order valence-corrected chi connectivity index (χ3v) is 3.49. The summed E-state index contributed by atoms with van der Waals surface area (Å²) in [5.41, 5.74) is 3.64. The van der Waals surface area contributed by atoms with Gasteiger partial charge in [0.05, 0.1) is 0 Å². The molecule has 0 heterocycles. The van der Waals surface area contributed by atoms with Crippen molar-refractivity contribution in [1.82, 2.24) is 0 Å². The molecule has 82 valence electrons. The number of phenolic OH excluding ortho intramolecular Hbond substituents is 2. The monoisotopic (exact) mass is 214 g/mol. The Bertz CT molecular complexity index is 422. The van der Waals surface area contributed by atoms with Gasteiger partial charge in [-0.15, -0.1) is 0 Å². The number of hydrogen-bond donors (Lipinski definition) is 2. The minimum absolute atomic E-state index is 0.400. The number of aromatic hydroxyl groups is 2. The highest BCUT2D eigenvalue weighted by Crippen LogP contribution is 2.41. The van der Waals surface area contributed by atoms with E-state index in [1.807, 2.05) is 24.3 Å². The molecule has 0 fully saturated rings. The molecule has 1 aromatic rings. The minimum atomic E-state index is 0.400. The average Bonchev–Trinajstić information content (AvgIpc) is 2.36. The molecule has 0 bridgehead atoms. The molecule has 2 heteroatoms. The number of rotatable bonds is 0. The smallest absolute Gasteiger partial charge is 0.123 e. The first-order valence-corrected chi connectivity index (χ1v) is 5.66. The van der Waals surface area contributed by atoms with Crippen LogP contribution in [0.3, 0.4) is 0 Å². The molecular formula is C14H14O2. The van der Waals surface area contributed by atoms with E-state index < -0.39 is 0 Å². The van der Waals surface area contributed by atoms with Crippen molar-refractivity contribution in [2.75, 3.05) is 0 Å². The van der Waals surface area contributed by atoms with Crippen LogP contribution in [-0.4, -0.2) is 10.2 Å². The maximum Gasteiger partial charge on any atom is 0.123 e. The second kappa shape index (κ2) is 3.41. The molecule has 0 aromatic heterocycles. The van der Waals surface area contributed by atoms with Gasteiger partial charge in [-0.2, -0.15) is 0 Å². The molecule has 0 saturated heterocycles. The number of fused-ring (bicyclic) bond motifs is 2. The third-order valence-electron chi connectivity index (χ3n) is 3.49. The van der Waals surface area contributed by atoms with E-state index in [0.29, 0.717) is 11.5 Å². The zero-order chi connectivity index (χ0) is 11.1. The summed E-state index contributed by atoms with van der Waals surface area (Å²) in [7, 11) is 0. The Morgan fingerprint density at radius 1 is 0.562 bits per heavy atom. The van der Waals surface area contributed by atoms with Crippen LogP contribution in [0.2, 0.25) is 0 Å². The molecule has 0 saturated carbocycles. The summed E-state index contributed by atoms with van der Waals surface area (Å²) in [5, 5.41) is 20.5. The number of hydrogen-bond acceptors (Lipinski definition) is 2. The standard InChI is InChI=1S/C14H14O2/c15-13-9-5-1-2-6-10(9)14(16)12-8-4-3-7-11(12)13/h1-4,15-16H,5-8H2. The van der Waals surface area contributed by atoms with Gasteiger partial charge in [0.1, 0.15) is 11.5 Å². The highest BCUT2D eigenvalue weighted by molar-refractivity contribution is 5.61. The second-order valence-corrected chi connectivity index (χ2v) is 4.37. The van der Waals surface area contributed by atoms with Gasteiger partial charge in [0.25, 0.3) is 0 Å². The van der Waals surface area contributed by atoms with Gasteiger partial charge in [-0.1, -0.05) is 24.3 Å². The summed E-state index contributed by atoms with van der Waals surface area (Å²) < 4.78 is 0. The van der Waals surface area contributed by atoms with E-state index >= 15 is 0 Å². The van der Waals surface area contributed by atoms with Crippen molar-refractivity contribution in [2.45, 2.75) is 25.7 Å². The first-order valence-electron chi connectivity index (χ1n) is 5.66. The number of allylic oxidation sites excluding steroid dienone is 4. The van der Waals surface area contributed by atoms with Gasteiger partial charge in [0.15, 0.2) is 0 Å². The molecule has 2 N–H and O–H groups in total. The van der Waals surface area contributed by atoms with E-state index in [9.17, 15) is 10.2 Å². The van der Waals surface area contributed by atoms with Crippen molar-refractivity contribution in [1.29, 1.82) is 0 Å². The molecule has 2 aliphatic rings. The van der Waals surface area contributed by atoms with E-state index in [4.69, 9.17) is 0 Å². The molecule has 3 rings (SSSR count). The van der Waals surface area contributed by atoms with Crippen LogP contribution < -0.4 is 0 Å². The molecule has 0 amide bonds. The Morgan fingerprint density at radius 2 is 0.812 bits per heavy atom.